The Hall–Kier alpha value is -6.72. The summed E-state index contributed by atoms with van der Waals surface area (Å²) in [5, 5.41) is 1.97. The lowest BCUT2D eigenvalue weighted by atomic mass is 9.97. The van der Waals surface area contributed by atoms with Gasteiger partial charge < -0.3 is 4.42 Å². The van der Waals surface area contributed by atoms with E-state index in [1.54, 1.807) is 0 Å². The van der Waals surface area contributed by atoms with Gasteiger partial charge in [0.2, 0.25) is 5.71 Å². The topological polar surface area (TPSA) is 64.7 Å². The molecule has 0 saturated carbocycles. The van der Waals surface area contributed by atoms with Crippen LogP contribution in [0.4, 0.5) is 0 Å². The predicted octanol–water partition coefficient (Wildman–Crippen LogP) is 11.2. The predicted molar refractivity (Wildman–Crippen MR) is 198 cm³/mol. The fraction of sp³-hybridized carbons (Fsp3) is 0. The lowest BCUT2D eigenvalue weighted by Gasteiger charge is -2.09. The first kappa shape index (κ1) is 28.5. The van der Waals surface area contributed by atoms with Gasteiger partial charge in [-0.3, -0.25) is 0 Å². The highest BCUT2D eigenvalue weighted by Crippen LogP contribution is 2.37. The van der Waals surface area contributed by atoms with Crippen LogP contribution in [-0.2, 0) is 0 Å². The zero-order valence-corrected chi connectivity index (χ0v) is 26.4. The molecule has 0 aliphatic carbocycles. The van der Waals surface area contributed by atoms with E-state index in [0.717, 1.165) is 49.7 Å². The summed E-state index contributed by atoms with van der Waals surface area (Å²) < 4.78 is 6.37. The average molecular weight is 629 g/mol. The van der Waals surface area contributed by atoms with Crippen LogP contribution < -0.4 is 0 Å². The molecular formula is C44H28N4O. The standard InChI is InChI=1S/C44H28N4O/c1-4-11-29(12-5-1)31-19-23-33(24-20-31)36-17-10-18-39-40(36)37-27-28-38(45-44(37)49-39)43-47-41(34-15-8-3-9-16-34)46-42(48-43)35-25-21-32(22-26-35)30-13-6-2-7-14-30/h1-28H. The quantitative estimate of drug-likeness (QED) is 0.183. The van der Waals surface area contributed by atoms with Crippen LogP contribution >= 0.6 is 0 Å². The molecule has 0 unspecified atom stereocenters. The molecule has 9 rings (SSSR count). The van der Waals surface area contributed by atoms with Gasteiger partial charge in [0.15, 0.2) is 17.5 Å². The highest BCUT2D eigenvalue weighted by atomic mass is 16.3. The highest BCUT2D eigenvalue weighted by molar-refractivity contribution is 6.11. The molecule has 0 amide bonds. The van der Waals surface area contributed by atoms with E-state index in [9.17, 15) is 0 Å². The maximum absolute atomic E-state index is 6.37. The first-order valence-electron chi connectivity index (χ1n) is 16.2. The summed E-state index contributed by atoms with van der Waals surface area (Å²) in [7, 11) is 0. The van der Waals surface area contributed by atoms with Crippen molar-refractivity contribution in [2.75, 3.05) is 0 Å². The average Bonchev–Trinajstić information content (AvgIpc) is 3.57. The van der Waals surface area contributed by atoms with Crippen molar-refractivity contribution in [1.29, 1.82) is 0 Å². The number of hydrogen-bond acceptors (Lipinski definition) is 5. The number of pyridine rings is 1. The second-order valence-electron chi connectivity index (χ2n) is 11.9. The molecule has 5 heteroatoms. The van der Waals surface area contributed by atoms with Gasteiger partial charge in [0, 0.05) is 21.9 Å². The van der Waals surface area contributed by atoms with Crippen LogP contribution in [0.15, 0.2) is 174 Å². The molecule has 5 nitrogen and oxygen atoms in total. The summed E-state index contributed by atoms with van der Waals surface area (Å²) in [5.74, 6) is 1.65. The monoisotopic (exact) mass is 628 g/mol. The Morgan fingerprint density at radius 3 is 1.39 bits per heavy atom. The third-order valence-electron chi connectivity index (χ3n) is 8.81. The van der Waals surface area contributed by atoms with E-state index in [2.05, 4.69) is 97.1 Å². The number of hydrogen-bond donors (Lipinski definition) is 0. The molecule has 0 saturated heterocycles. The van der Waals surface area contributed by atoms with Crippen molar-refractivity contribution in [1.82, 2.24) is 19.9 Å². The molecule has 0 aliphatic rings. The van der Waals surface area contributed by atoms with Gasteiger partial charge >= 0.3 is 0 Å². The second kappa shape index (κ2) is 12.1. The van der Waals surface area contributed by atoms with Gasteiger partial charge in [-0.15, -0.1) is 0 Å². The molecule has 0 aliphatic heterocycles. The molecule has 0 radical (unpaired) electrons. The summed E-state index contributed by atoms with van der Waals surface area (Å²) in [6, 6.07) is 57.9. The van der Waals surface area contributed by atoms with E-state index in [1.165, 1.54) is 11.1 Å². The minimum absolute atomic E-state index is 0.482. The molecule has 0 bridgehead atoms. The Labute approximate surface area is 283 Å². The van der Waals surface area contributed by atoms with Crippen LogP contribution in [0.1, 0.15) is 0 Å². The molecule has 9 aromatic rings. The van der Waals surface area contributed by atoms with Gasteiger partial charge in [-0.2, -0.15) is 0 Å². The molecule has 3 heterocycles. The minimum atomic E-state index is 0.482. The number of rotatable bonds is 6. The Balaban J connectivity index is 1.13. The van der Waals surface area contributed by atoms with E-state index in [1.807, 2.05) is 72.8 Å². The first-order valence-corrected chi connectivity index (χ1v) is 16.2. The molecule has 6 aromatic carbocycles. The Morgan fingerprint density at radius 1 is 0.327 bits per heavy atom. The Kier molecular flexibility index (Phi) is 7.06. The van der Waals surface area contributed by atoms with Gasteiger partial charge in [-0.1, -0.05) is 152 Å². The molecule has 0 fully saturated rings. The Morgan fingerprint density at radius 2 is 0.796 bits per heavy atom. The van der Waals surface area contributed by atoms with Crippen molar-refractivity contribution < 1.29 is 4.42 Å². The molecule has 0 atom stereocenters. The third kappa shape index (κ3) is 5.43. The lowest BCUT2D eigenvalue weighted by Crippen LogP contribution is -2.01. The molecule has 0 spiro atoms. The molecule has 230 valence electrons. The second-order valence-corrected chi connectivity index (χ2v) is 11.9. The van der Waals surface area contributed by atoms with Crippen LogP contribution in [0.3, 0.4) is 0 Å². The molecule has 49 heavy (non-hydrogen) atoms. The number of furan rings is 1. The van der Waals surface area contributed by atoms with Crippen LogP contribution in [0.25, 0.3) is 89.7 Å². The van der Waals surface area contributed by atoms with E-state index in [-0.39, 0.29) is 0 Å². The summed E-state index contributed by atoms with van der Waals surface area (Å²) in [6.07, 6.45) is 0. The number of fused-ring (bicyclic) bond motifs is 3. The normalized spacial score (nSPS) is 11.3. The number of benzene rings is 6. The minimum Gasteiger partial charge on any atom is -0.438 e. The van der Waals surface area contributed by atoms with E-state index < -0.39 is 0 Å². The van der Waals surface area contributed by atoms with Crippen molar-refractivity contribution in [3.8, 4) is 67.7 Å². The van der Waals surface area contributed by atoms with Crippen molar-refractivity contribution in [2.45, 2.75) is 0 Å². The zero-order chi connectivity index (χ0) is 32.6. The fourth-order valence-corrected chi connectivity index (χ4v) is 6.32. The van der Waals surface area contributed by atoms with Gasteiger partial charge in [0.25, 0.3) is 0 Å². The molecule has 0 N–H and O–H groups in total. The SMILES string of the molecule is c1ccc(-c2ccc(-c3nc(-c4ccccc4)nc(-c4ccc5c(n4)oc4cccc(-c6ccc(-c7ccccc7)cc6)c45)n3)cc2)cc1. The van der Waals surface area contributed by atoms with E-state index in [0.29, 0.717) is 28.9 Å². The maximum atomic E-state index is 6.37. The van der Waals surface area contributed by atoms with Crippen LogP contribution in [0.5, 0.6) is 0 Å². The number of nitrogens with zero attached hydrogens (tertiary/aromatic N) is 4. The van der Waals surface area contributed by atoms with Gasteiger partial charge in [0.1, 0.15) is 11.3 Å². The summed E-state index contributed by atoms with van der Waals surface area (Å²) in [5.41, 5.74) is 10.6. The summed E-state index contributed by atoms with van der Waals surface area (Å²) in [6.45, 7) is 0. The first-order chi connectivity index (χ1) is 24.3. The van der Waals surface area contributed by atoms with Gasteiger partial charge in [-0.25, -0.2) is 19.9 Å². The molecule has 3 aromatic heterocycles. The van der Waals surface area contributed by atoms with Crippen LogP contribution in [-0.4, -0.2) is 19.9 Å². The van der Waals surface area contributed by atoms with Crippen molar-refractivity contribution in [3.63, 3.8) is 0 Å². The van der Waals surface area contributed by atoms with Gasteiger partial charge in [-0.05, 0) is 51.6 Å². The van der Waals surface area contributed by atoms with Crippen molar-refractivity contribution in [3.05, 3.63) is 170 Å². The molecular weight excluding hydrogens is 601 g/mol. The van der Waals surface area contributed by atoms with Crippen LogP contribution in [0, 0.1) is 0 Å². The highest BCUT2D eigenvalue weighted by Gasteiger charge is 2.18. The Bertz CT molecular complexity index is 2560. The van der Waals surface area contributed by atoms with Crippen LogP contribution in [0.2, 0.25) is 0 Å². The van der Waals surface area contributed by atoms with E-state index in [4.69, 9.17) is 24.4 Å². The van der Waals surface area contributed by atoms with Crippen molar-refractivity contribution >= 4 is 22.1 Å². The third-order valence-corrected chi connectivity index (χ3v) is 8.81. The van der Waals surface area contributed by atoms with E-state index >= 15 is 0 Å². The lowest BCUT2D eigenvalue weighted by molar-refractivity contribution is 0.654. The summed E-state index contributed by atoms with van der Waals surface area (Å²) in [4.78, 5) is 19.7. The zero-order valence-electron chi connectivity index (χ0n) is 26.4. The van der Waals surface area contributed by atoms with Gasteiger partial charge in [0.05, 0.1) is 0 Å². The largest absolute Gasteiger partial charge is 0.438 e. The smallest absolute Gasteiger partial charge is 0.227 e. The fourth-order valence-electron chi connectivity index (χ4n) is 6.32. The number of aromatic nitrogens is 4. The van der Waals surface area contributed by atoms with Crippen molar-refractivity contribution in [2.24, 2.45) is 0 Å². The summed E-state index contributed by atoms with van der Waals surface area (Å²) >= 11 is 0. The maximum Gasteiger partial charge on any atom is 0.227 e.